The highest BCUT2D eigenvalue weighted by Crippen LogP contribution is 2.38. The lowest BCUT2D eigenvalue weighted by molar-refractivity contribution is -0.0500. The van der Waals surface area contributed by atoms with Gasteiger partial charge in [0.15, 0.2) is 0 Å². The van der Waals surface area contributed by atoms with Gasteiger partial charge in [0.05, 0.1) is 16.2 Å². The molecule has 0 bridgehead atoms. The maximum Gasteiger partial charge on any atom is 0.534 e. The fourth-order valence-electron chi connectivity index (χ4n) is 3.33. The average Bonchev–Trinajstić information content (AvgIpc) is 2.73. The van der Waals surface area contributed by atoms with Crippen LogP contribution in [0.2, 0.25) is 10.0 Å². The lowest BCUT2D eigenvalue weighted by atomic mass is 9.99. The van der Waals surface area contributed by atoms with Crippen LogP contribution in [0.1, 0.15) is 0 Å². The molecular weight excluding hydrogens is 502 g/mol. The summed E-state index contributed by atoms with van der Waals surface area (Å²) in [6.07, 6.45) is 0. The molecule has 0 aliphatic carbocycles. The average molecular weight is 514 g/mol. The summed E-state index contributed by atoms with van der Waals surface area (Å²) in [6.45, 7) is 0. The number of pyridine rings is 1. The van der Waals surface area contributed by atoms with Crippen molar-refractivity contribution < 1.29 is 25.8 Å². The maximum absolute atomic E-state index is 13.0. The van der Waals surface area contributed by atoms with Crippen molar-refractivity contribution in [3.8, 4) is 22.6 Å². The van der Waals surface area contributed by atoms with E-state index < -0.39 is 26.9 Å². The largest absolute Gasteiger partial charge is 0.534 e. The van der Waals surface area contributed by atoms with Gasteiger partial charge in [0.1, 0.15) is 5.75 Å². The second-order valence-corrected chi connectivity index (χ2v) is 9.18. The van der Waals surface area contributed by atoms with Gasteiger partial charge in [-0.15, -0.1) is 0 Å². The van der Waals surface area contributed by atoms with Crippen LogP contribution in [0.15, 0.2) is 77.6 Å². The van der Waals surface area contributed by atoms with Crippen molar-refractivity contribution in [3.63, 3.8) is 0 Å². The van der Waals surface area contributed by atoms with E-state index in [9.17, 15) is 26.4 Å². The number of para-hydroxylation sites is 1. The zero-order chi connectivity index (χ0) is 24.0. The van der Waals surface area contributed by atoms with Gasteiger partial charge in [0, 0.05) is 28.1 Å². The summed E-state index contributed by atoms with van der Waals surface area (Å²) in [7, 11) is -5.97. The molecule has 0 amide bonds. The van der Waals surface area contributed by atoms with Gasteiger partial charge in [0.2, 0.25) is 0 Å². The number of fused-ring (bicyclic) bond motifs is 1. The van der Waals surface area contributed by atoms with E-state index in [-0.39, 0.29) is 26.8 Å². The topological polar surface area (TPSA) is 65.4 Å². The van der Waals surface area contributed by atoms with E-state index in [1.54, 1.807) is 42.5 Å². The lowest BCUT2D eigenvalue weighted by Crippen LogP contribution is -2.28. The summed E-state index contributed by atoms with van der Waals surface area (Å²) in [4.78, 5) is 12.8. The normalized spacial score (nSPS) is 12.2. The Bertz CT molecular complexity index is 1550. The van der Waals surface area contributed by atoms with Crippen LogP contribution >= 0.6 is 23.2 Å². The minimum absolute atomic E-state index is 0.0698. The first-order chi connectivity index (χ1) is 15.5. The monoisotopic (exact) mass is 513 g/mol. The Kier molecular flexibility index (Phi) is 5.90. The van der Waals surface area contributed by atoms with Gasteiger partial charge in [-0.1, -0.05) is 53.5 Å². The van der Waals surface area contributed by atoms with Crippen LogP contribution in [-0.2, 0) is 10.1 Å². The molecule has 1 heterocycles. The van der Waals surface area contributed by atoms with Crippen molar-refractivity contribution in [2.75, 3.05) is 0 Å². The second kappa shape index (κ2) is 8.40. The highest BCUT2D eigenvalue weighted by molar-refractivity contribution is 7.88. The van der Waals surface area contributed by atoms with E-state index in [2.05, 4.69) is 4.18 Å². The first-order valence-electron chi connectivity index (χ1n) is 9.20. The molecule has 4 rings (SSSR count). The van der Waals surface area contributed by atoms with E-state index in [1.807, 2.05) is 0 Å². The molecule has 33 heavy (non-hydrogen) atoms. The van der Waals surface area contributed by atoms with Gasteiger partial charge in [-0.3, -0.25) is 9.36 Å². The van der Waals surface area contributed by atoms with Crippen molar-refractivity contribution >= 4 is 44.2 Å². The molecule has 0 spiro atoms. The molecule has 170 valence electrons. The Morgan fingerprint density at radius 1 is 0.818 bits per heavy atom. The number of nitrogens with zero attached hydrogens (tertiary/aromatic N) is 1. The molecule has 0 aliphatic rings. The van der Waals surface area contributed by atoms with Crippen molar-refractivity contribution in [2.24, 2.45) is 0 Å². The highest BCUT2D eigenvalue weighted by Gasteiger charge is 2.48. The van der Waals surface area contributed by atoms with Crippen LogP contribution in [-0.4, -0.2) is 18.5 Å². The van der Waals surface area contributed by atoms with Gasteiger partial charge < -0.3 is 4.18 Å². The van der Waals surface area contributed by atoms with Gasteiger partial charge in [-0.05, 0) is 35.9 Å². The standard InChI is InChI=1S/C22H12Cl2F3NO4S/c23-17-6-2-1-5-14(17)16-11-13(32-33(30,31)22(25,26)27)12-20-15(16)9-10-21(29)28(20)19-8-4-3-7-18(19)24/h1-12H. The molecule has 0 fully saturated rings. The van der Waals surface area contributed by atoms with Crippen LogP contribution < -0.4 is 9.74 Å². The molecule has 0 atom stereocenters. The van der Waals surface area contributed by atoms with E-state index >= 15 is 0 Å². The van der Waals surface area contributed by atoms with Crippen LogP contribution in [0, 0.1) is 0 Å². The molecule has 0 saturated carbocycles. The Hall–Kier alpha value is -3.01. The number of aromatic nitrogens is 1. The van der Waals surface area contributed by atoms with E-state index in [0.717, 1.165) is 16.7 Å². The maximum atomic E-state index is 13.0. The smallest absolute Gasteiger partial charge is 0.376 e. The molecule has 0 N–H and O–H groups in total. The predicted molar refractivity (Wildman–Crippen MR) is 121 cm³/mol. The predicted octanol–water partition coefficient (Wildman–Crippen LogP) is 6.19. The summed E-state index contributed by atoms with van der Waals surface area (Å²) >= 11 is 12.6. The zero-order valence-corrected chi connectivity index (χ0v) is 18.6. The molecule has 0 saturated heterocycles. The third-order valence-corrected chi connectivity index (χ3v) is 6.36. The number of benzene rings is 3. The Morgan fingerprint density at radius 2 is 1.45 bits per heavy atom. The van der Waals surface area contributed by atoms with Crippen molar-refractivity contribution in [2.45, 2.75) is 5.51 Å². The van der Waals surface area contributed by atoms with Gasteiger partial charge in [-0.2, -0.15) is 21.6 Å². The quantitative estimate of drug-likeness (QED) is 0.241. The highest BCUT2D eigenvalue weighted by atomic mass is 35.5. The van der Waals surface area contributed by atoms with Crippen molar-refractivity contribution in [1.82, 2.24) is 4.57 Å². The van der Waals surface area contributed by atoms with Gasteiger partial charge in [-0.25, -0.2) is 0 Å². The molecular formula is C22H12Cl2F3NO4S. The summed E-state index contributed by atoms with van der Waals surface area (Å²) in [5.41, 5.74) is -5.23. The van der Waals surface area contributed by atoms with E-state index in [0.29, 0.717) is 10.9 Å². The summed E-state index contributed by atoms with van der Waals surface area (Å²) in [5, 5.41) is 0.852. The SMILES string of the molecule is O=c1ccc2c(-c3ccccc3Cl)cc(OS(=O)(=O)C(F)(F)F)cc2n1-c1ccccc1Cl. The third kappa shape index (κ3) is 4.31. The minimum Gasteiger partial charge on any atom is -0.376 e. The number of halogens is 5. The molecule has 0 radical (unpaired) electrons. The number of hydrogen-bond donors (Lipinski definition) is 0. The summed E-state index contributed by atoms with van der Waals surface area (Å²) in [6, 6.07) is 17.7. The van der Waals surface area contributed by atoms with Gasteiger partial charge in [0.25, 0.3) is 5.56 Å². The molecule has 11 heteroatoms. The Labute approximate surface area is 195 Å². The van der Waals surface area contributed by atoms with Crippen molar-refractivity contribution in [1.29, 1.82) is 0 Å². The van der Waals surface area contributed by atoms with E-state index in [1.165, 1.54) is 18.2 Å². The molecule has 4 aromatic rings. The number of hydrogen-bond acceptors (Lipinski definition) is 4. The lowest BCUT2D eigenvalue weighted by Gasteiger charge is -2.17. The first-order valence-corrected chi connectivity index (χ1v) is 11.4. The second-order valence-electron chi connectivity index (χ2n) is 6.83. The third-order valence-electron chi connectivity index (χ3n) is 4.73. The molecule has 1 aromatic heterocycles. The first kappa shape index (κ1) is 23.2. The summed E-state index contributed by atoms with van der Waals surface area (Å²) < 4.78 is 67.8. The fourth-order valence-corrected chi connectivity index (χ4v) is 4.23. The van der Waals surface area contributed by atoms with Crippen LogP contribution in [0.3, 0.4) is 0 Å². The van der Waals surface area contributed by atoms with Crippen LogP contribution in [0.25, 0.3) is 27.7 Å². The fraction of sp³-hybridized carbons (Fsp3) is 0.0455. The van der Waals surface area contributed by atoms with Crippen molar-refractivity contribution in [3.05, 3.63) is 93.2 Å². The van der Waals surface area contributed by atoms with Gasteiger partial charge >= 0.3 is 15.6 Å². The van der Waals surface area contributed by atoms with Crippen LogP contribution in [0.4, 0.5) is 13.2 Å². The minimum atomic E-state index is -5.97. The Morgan fingerprint density at radius 3 is 2.09 bits per heavy atom. The number of rotatable bonds is 4. The van der Waals surface area contributed by atoms with E-state index in [4.69, 9.17) is 23.2 Å². The van der Waals surface area contributed by atoms with Crippen LogP contribution in [0.5, 0.6) is 5.75 Å². The number of alkyl halides is 3. The molecule has 5 nitrogen and oxygen atoms in total. The molecule has 0 aliphatic heterocycles. The zero-order valence-electron chi connectivity index (χ0n) is 16.3. The Balaban J connectivity index is 2.11. The molecule has 3 aromatic carbocycles. The summed E-state index contributed by atoms with van der Waals surface area (Å²) in [5.74, 6) is -0.652. The molecule has 0 unspecified atom stereocenters.